The lowest BCUT2D eigenvalue weighted by molar-refractivity contribution is -0.385. The fourth-order valence-corrected chi connectivity index (χ4v) is 3.81. The number of β-amino-alcohol motifs (C(OH)–C–C–N with tert-alkyl or cyclic N) is 1. The van der Waals surface area contributed by atoms with Crippen molar-refractivity contribution >= 4 is 11.6 Å². The van der Waals surface area contributed by atoms with Crippen molar-refractivity contribution in [2.45, 2.75) is 25.0 Å². The van der Waals surface area contributed by atoms with Crippen LogP contribution < -0.4 is 4.74 Å². The molecule has 2 aromatic rings. The molecule has 0 aliphatic carbocycles. The Labute approximate surface area is 175 Å². The Morgan fingerprint density at radius 1 is 1.33 bits per heavy atom. The Kier molecular flexibility index (Phi) is 7.02. The highest BCUT2D eigenvalue weighted by atomic mass is 16.6. The van der Waals surface area contributed by atoms with E-state index >= 15 is 0 Å². The minimum atomic E-state index is -0.512. The third kappa shape index (κ3) is 5.14. The number of rotatable bonds is 8. The first-order chi connectivity index (χ1) is 14.4. The van der Waals surface area contributed by atoms with Gasteiger partial charge in [0.15, 0.2) is 5.75 Å². The maximum absolute atomic E-state index is 13.1. The Balaban J connectivity index is 1.78. The van der Waals surface area contributed by atoms with Crippen molar-refractivity contribution in [3.63, 3.8) is 0 Å². The third-order valence-corrected chi connectivity index (χ3v) is 5.52. The Bertz CT molecular complexity index is 890. The molecule has 8 nitrogen and oxygen atoms in total. The third-order valence-electron chi connectivity index (χ3n) is 5.52. The number of aliphatic hydroxyl groups is 1. The highest BCUT2D eigenvalue weighted by Gasteiger charge is 2.28. The second-order valence-electron chi connectivity index (χ2n) is 7.57. The van der Waals surface area contributed by atoms with Crippen LogP contribution in [0, 0.1) is 10.1 Å². The lowest BCUT2D eigenvalue weighted by Gasteiger charge is -2.32. The van der Waals surface area contributed by atoms with Crippen LogP contribution in [0.1, 0.15) is 23.6 Å². The van der Waals surface area contributed by atoms with Crippen molar-refractivity contribution in [2.75, 3.05) is 33.8 Å². The molecular formula is C22H27N3O5. The molecule has 1 aliphatic rings. The van der Waals surface area contributed by atoms with E-state index in [-0.39, 0.29) is 35.9 Å². The van der Waals surface area contributed by atoms with E-state index < -0.39 is 4.92 Å². The monoisotopic (exact) mass is 413 g/mol. The number of hydrogen-bond donors (Lipinski definition) is 1. The maximum atomic E-state index is 13.1. The van der Waals surface area contributed by atoms with Crippen LogP contribution in [0.4, 0.5) is 5.69 Å². The standard InChI is InChI=1S/C22H27N3O5/c1-23(22(27)13-16-8-9-21(30-2)19(12-16)25(28)29)20(17-6-4-3-5-7-17)15-24-11-10-18(26)14-24/h3-9,12,18,20,26H,10-11,13-15H2,1-2H3/t18-,20+/m0/s1. The molecule has 0 aromatic heterocycles. The van der Waals surface area contributed by atoms with E-state index in [1.54, 1.807) is 18.0 Å². The SMILES string of the molecule is COc1ccc(CC(=O)N(C)[C@H](CN2CC[C@H](O)C2)c2ccccc2)cc1[N+](=O)[O-]. The minimum Gasteiger partial charge on any atom is -0.490 e. The first-order valence-corrected chi connectivity index (χ1v) is 9.91. The summed E-state index contributed by atoms with van der Waals surface area (Å²) in [6.45, 7) is 2.00. The summed E-state index contributed by atoms with van der Waals surface area (Å²) in [5.74, 6) is 0.0300. The van der Waals surface area contributed by atoms with Crippen LogP contribution >= 0.6 is 0 Å². The largest absolute Gasteiger partial charge is 0.490 e. The first-order valence-electron chi connectivity index (χ1n) is 9.91. The zero-order valence-electron chi connectivity index (χ0n) is 17.2. The number of carbonyl (C=O) groups excluding carboxylic acids is 1. The Morgan fingerprint density at radius 3 is 2.67 bits per heavy atom. The molecule has 0 radical (unpaired) electrons. The van der Waals surface area contributed by atoms with Crippen molar-refractivity contribution in [1.82, 2.24) is 9.80 Å². The molecule has 0 saturated carbocycles. The van der Waals surface area contributed by atoms with Gasteiger partial charge in [0.1, 0.15) is 0 Å². The number of nitrogens with zero attached hydrogens (tertiary/aromatic N) is 3. The summed E-state index contributed by atoms with van der Waals surface area (Å²) in [6.07, 6.45) is 0.449. The summed E-state index contributed by atoms with van der Waals surface area (Å²) < 4.78 is 5.03. The van der Waals surface area contributed by atoms with Gasteiger partial charge in [-0.15, -0.1) is 0 Å². The van der Waals surface area contributed by atoms with Crippen molar-refractivity contribution in [3.8, 4) is 5.75 Å². The second-order valence-corrected chi connectivity index (χ2v) is 7.57. The number of aliphatic hydroxyl groups excluding tert-OH is 1. The fourth-order valence-electron chi connectivity index (χ4n) is 3.81. The second kappa shape index (κ2) is 9.69. The number of nitro benzene ring substituents is 1. The number of carbonyl (C=O) groups is 1. The van der Waals surface area contributed by atoms with Crippen molar-refractivity contribution in [1.29, 1.82) is 0 Å². The van der Waals surface area contributed by atoms with Crippen LogP contribution in [-0.4, -0.2) is 65.6 Å². The average Bonchev–Trinajstić information content (AvgIpc) is 3.16. The van der Waals surface area contributed by atoms with Gasteiger partial charge < -0.3 is 14.7 Å². The molecule has 2 aromatic carbocycles. The van der Waals surface area contributed by atoms with E-state index in [9.17, 15) is 20.0 Å². The van der Waals surface area contributed by atoms with Crippen molar-refractivity contribution in [3.05, 3.63) is 69.8 Å². The topological polar surface area (TPSA) is 96.2 Å². The number of hydrogen-bond acceptors (Lipinski definition) is 6. The quantitative estimate of drug-likeness (QED) is 0.527. The molecule has 1 fully saturated rings. The Hall–Kier alpha value is -2.97. The van der Waals surface area contributed by atoms with Crippen LogP contribution in [0.15, 0.2) is 48.5 Å². The first kappa shape index (κ1) is 21.7. The lowest BCUT2D eigenvalue weighted by Crippen LogP contribution is -2.39. The van der Waals surface area contributed by atoms with Gasteiger partial charge in [-0.05, 0) is 23.6 Å². The normalized spacial score (nSPS) is 17.5. The number of ether oxygens (including phenoxy) is 1. The Morgan fingerprint density at radius 2 is 2.07 bits per heavy atom. The van der Waals surface area contributed by atoms with Crippen LogP contribution in [0.3, 0.4) is 0 Å². The van der Waals surface area contributed by atoms with Crippen LogP contribution in [0.2, 0.25) is 0 Å². The predicted molar refractivity (Wildman–Crippen MR) is 112 cm³/mol. The molecule has 3 rings (SSSR count). The summed E-state index contributed by atoms with van der Waals surface area (Å²) in [4.78, 5) is 27.7. The molecular weight excluding hydrogens is 386 g/mol. The van der Waals surface area contributed by atoms with E-state index in [1.807, 2.05) is 30.3 Å². The zero-order valence-corrected chi connectivity index (χ0v) is 17.2. The molecule has 8 heteroatoms. The van der Waals surface area contributed by atoms with Crippen LogP contribution in [-0.2, 0) is 11.2 Å². The predicted octanol–water partition coefficient (Wildman–Crippen LogP) is 2.41. The minimum absolute atomic E-state index is 0.0489. The van der Waals surface area contributed by atoms with Gasteiger partial charge in [0.2, 0.25) is 5.91 Å². The van der Waals surface area contributed by atoms with Crippen molar-refractivity contribution in [2.24, 2.45) is 0 Å². The van der Waals surface area contributed by atoms with E-state index in [0.717, 1.165) is 18.5 Å². The fraction of sp³-hybridized carbons (Fsp3) is 0.409. The number of likely N-dealkylation sites (N-methyl/N-ethyl adjacent to an activating group) is 1. The van der Waals surface area contributed by atoms with E-state index in [4.69, 9.17) is 4.74 Å². The number of methoxy groups -OCH3 is 1. The smallest absolute Gasteiger partial charge is 0.311 e. The molecule has 0 spiro atoms. The van der Waals surface area contributed by atoms with Crippen molar-refractivity contribution < 1.29 is 19.6 Å². The van der Waals surface area contributed by atoms with Gasteiger partial charge in [0, 0.05) is 32.7 Å². The van der Waals surface area contributed by atoms with Gasteiger partial charge in [-0.3, -0.25) is 19.8 Å². The van der Waals surface area contributed by atoms with Gasteiger partial charge in [-0.2, -0.15) is 0 Å². The number of amides is 1. The van der Waals surface area contributed by atoms with Crippen LogP contribution in [0.25, 0.3) is 0 Å². The van der Waals surface area contributed by atoms with Gasteiger partial charge >= 0.3 is 5.69 Å². The maximum Gasteiger partial charge on any atom is 0.311 e. The lowest BCUT2D eigenvalue weighted by atomic mass is 10.0. The highest BCUT2D eigenvalue weighted by molar-refractivity contribution is 5.79. The average molecular weight is 413 g/mol. The summed E-state index contributed by atoms with van der Waals surface area (Å²) >= 11 is 0. The zero-order chi connectivity index (χ0) is 21.7. The molecule has 160 valence electrons. The van der Waals surface area contributed by atoms with Gasteiger partial charge in [-0.25, -0.2) is 0 Å². The summed E-state index contributed by atoms with van der Waals surface area (Å²) in [5.41, 5.74) is 1.41. The summed E-state index contributed by atoms with van der Waals surface area (Å²) in [6, 6.07) is 14.2. The van der Waals surface area contributed by atoms with E-state index in [0.29, 0.717) is 18.7 Å². The molecule has 2 atom stereocenters. The van der Waals surface area contributed by atoms with Gasteiger partial charge in [0.25, 0.3) is 0 Å². The summed E-state index contributed by atoms with van der Waals surface area (Å²) in [5, 5.41) is 21.1. The molecule has 1 N–H and O–H groups in total. The molecule has 1 heterocycles. The van der Waals surface area contributed by atoms with E-state index in [2.05, 4.69) is 4.90 Å². The van der Waals surface area contributed by atoms with Gasteiger partial charge in [-0.1, -0.05) is 36.4 Å². The van der Waals surface area contributed by atoms with Crippen LogP contribution in [0.5, 0.6) is 5.75 Å². The molecule has 1 aliphatic heterocycles. The van der Waals surface area contributed by atoms with E-state index in [1.165, 1.54) is 19.2 Å². The summed E-state index contributed by atoms with van der Waals surface area (Å²) in [7, 11) is 3.13. The molecule has 1 saturated heterocycles. The molecule has 0 unspecified atom stereocenters. The number of likely N-dealkylation sites (tertiary alicyclic amines) is 1. The molecule has 0 bridgehead atoms. The number of nitro groups is 1. The number of benzene rings is 2. The molecule has 30 heavy (non-hydrogen) atoms. The highest BCUT2D eigenvalue weighted by Crippen LogP contribution is 2.29. The van der Waals surface area contributed by atoms with Gasteiger partial charge in [0.05, 0.1) is 30.6 Å². The molecule has 1 amide bonds.